The molecular formula is C19H15N3OS2. The fourth-order valence-electron chi connectivity index (χ4n) is 2.56. The summed E-state index contributed by atoms with van der Waals surface area (Å²) < 4.78 is 5.43. The molecule has 4 aromatic rings. The van der Waals surface area contributed by atoms with Crippen molar-refractivity contribution < 1.29 is 4.74 Å². The van der Waals surface area contributed by atoms with Gasteiger partial charge in [-0.2, -0.15) is 0 Å². The first kappa shape index (κ1) is 16.1. The molecule has 0 bridgehead atoms. The summed E-state index contributed by atoms with van der Waals surface area (Å²) in [6, 6.07) is 16.0. The van der Waals surface area contributed by atoms with E-state index in [2.05, 4.69) is 21.4 Å². The molecule has 6 heteroatoms. The molecule has 0 atom stereocenters. The van der Waals surface area contributed by atoms with Gasteiger partial charge in [-0.3, -0.25) is 0 Å². The molecule has 0 aliphatic carbocycles. The number of nitrogens with zero attached hydrogens (tertiary/aromatic N) is 3. The van der Waals surface area contributed by atoms with Crippen LogP contribution in [0.25, 0.3) is 21.5 Å². The Morgan fingerprint density at radius 2 is 1.88 bits per heavy atom. The number of rotatable bonds is 5. The lowest BCUT2D eigenvalue weighted by atomic mass is 10.2. The van der Waals surface area contributed by atoms with Crippen molar-refractivity contribution in [2.75, 3.05) is 7.11 Å². The lowest BCUT2D eigenvalue weighted by molar-refractivity contribution is 0.416. The minimum Gasteiger partial charge on any atom is -0.496 e. The van der Waals surface area contributed by atoms with Gasteiger partial charge in [0.2, 0.25) is 0 Å². The fraction of sp³-hybridized carbons (Fsp3) is 0.105. The molecule has 124 valence electrons. The van der Waals surface area contributed by atoms with Crippen LogP contribution < -0.4 is 4.74 Å². The van der Waals surface area contributed by atoms with Gasteiger partial charge < -0.3 is 4.74 Å². The van der Waals surface area contributed by atoms with E-state index in [9.17, 15) is 0 Å². The quantitative estimate of drug-likeness (QED) is 0.366. The van der Waals surface area contributed by atoms with Crippen molar-refractivity contribution in [3.8, 4) is 16.3 Å². The summed E-state index contributed by atoms with van der Waals surface area (Å²) in [7, 11) is 1.68. The fourth-order valence-corrected chi connectivity index (χ4v) is 4.39. The van der Waals surface area contributed by atoms with Gasteiger partial charge in [-0.1, -0.05) is 42.1 Å². The second kappa shape index (κ2) is 7.21. The van der Waals surface area contributed by atoms with Gasteiger partial charge >= 0.3 is 0 Å². The monoisotopic (exact) mass is 365 g/mol. The number of hydrogen-bond donors (Lipinski definition) is 0. The van der Waals surface area contributed by atoms with Gasteiger partial charge in [0.1, 0.15) is 22.1 Å². The molecule has 2 aromatic heterocycles. The van der Waals surface area contributed by atoms with Crippen molar-refractivity contribution in [2.45, 2.75) is 10.8 Å². The van der Waals surface area contributed by atoms with Gasteiger partial charge in [0.05, 0.1) is 23.9 Å². The van der Waals surface area contributed by atoms with E-state index in [4.69, 9.17) is 9.72 Å². The zero-order valence-electron chi connectivity index (χ0n) is 13.5. The molecule has 0 aliphatic heterocycles. The predicted octanol–water partition coefficient (Wildman–Crippen LogP) is 5.05. The van der Waals surface area contributed by atoms with Gasteiger partial charge in [0.25, 0.3) is 0 Å². The van der Waals surface area contributed by atoms with Crippen LogP contribution in [0.5, 0.6) is 5.75 Å². The Balaban J connectivity index is 1.55. The SMILES string of the molecule is COc1ccccc1-c1nc(CSc2ncnc3ccccc23)cs1. The van der Waals surface area contributed by atoms with E-state index in [-0.39, 0.29) is 0 Å². The summed E-state index contributed by atoms with van der Waals surface area (Å²) in [5.41, 5.74) is 3.03. The molecule has 0 amide bonds. The summed E-state index contributed by atoms with van der Waals surface area (Å²) in [5, 5.41) is 5.13. The summed E-state index contributed by atoms with van der Waals surface area (Å²) in [6.45, 7) is 0. The highest BCUT2D eigenvalue weighted by atomic mass is 32.2. The van der Waals surface area contributed by atoms with Crippen LogP contribution in [-0.4, -0.2) is 22.1 Å². The Kier molecular flexibility index (Phi) is 4.63. The summed E-state index contributed by atoms with van der Waals surface area (Å²) in [6.07, 6.45) is 1.62. The van der Waals surface area contributed by atoms with Gasteiger partial charge in [0, 0.05) is 16.5 Å². The van der Waals surface area contributed by atoms with E-state index < -0.39 is 0 Å². The maximum absolute atomic E-state index is 5.43. The number of hydrogen-bond acceptors (Lipinski definition) is 6. The van der Waals surface area contributed by atoms with Crippen LogP contribution in [0, 0.1) is 0 Å². The number of para-hydroxylation sites is 2. The molecule has 0 unspecified atom stereocenters. The highest BCUT2D eigenvalue weighted by Crippen LogP contribution is 2.33. The van der Waals surface area contributed by atoms with Crippen molar-refractivity contribution in [3.05, 3.63) is 65.9 Å². The topological polar surface area (TPSA) is 47.9 Å². The van der Waals surface area contributed by atoms with E-state index in [1.807, 2.05) is 42.5 Å². The Morgan fingerprint density at radius 1 is 1.04 bits per heavy atom. The van der Waals surface area contributed by atoms with E-state index >= 15 is 0 Å². The molecular weight excluding hydrogens is 350 g/mol. The van der Waals surface area contributed by atoms with Crippen LogP contribution in [-0.2, 0) is 5.75 Å². The molecule has 0 aliphatic rings. The van der Waals surface area contributed by atoms with Crippen molar-refractivity contribution in [3.63, 3.8) is 0 Å². The van der Waals surface area contributed by atoms with E-state index in [1.165, 1.54) is 0 Å². The first-order chi connectivity index (χ1) is 12.3. The minimum atomic E-state index is 0.770. The smallest absolute Gasteiger partial charge is 0.129 e. The standard InChI is InChI=1S/C19H15N3OS2/c1-23-17-9-5-3-7-15(17)19-22-13(11-25-19)10-24-18-14-6-2-4-8-16(14)20-12-21-18/h2-9,11-12H,10H2,1H3. The molecule has 0 saturated carbocycles. The summed E-state index contributed by atoms with van der Waals surface area (Å²) >= 11 is 3.32. The van der Waals surface area contributed by atoms with Crippen LogP contribution in [0.2, 0.25) is 0 Å². The first-order valence-corrected chi connectivity index (χ1v) is 9.62. The number of thioether (sulfide) groups is 1. The molecule has 2 heterocycles. The zero-order chi connectivity index (χ0) is 17.1. The number of benzene rings is 2. The third-order valence-corrected chi connectivity index (χ3v) is 5.72. The van der Waals surface area contributed by atoms with E-state index in [0.29, 0.717) is 0 Å². The highest BCUT2D eigenvalue weighted by molar-refractivity contribution is 7.98. The first-order valence-electron chi connectivity index (χ1n) is 7.75. The minimum absolute atomic E-state index is 0.770. The maximum Gasteiger partial charge on any atom is 0.129 e. The summed E-state index contributed by atoms with van der Waals surface area (Å²) in [4.78, 5) is 13.5. The Labute approximate surface area is 153 Å². The third kappa shape index (κ3) is 3.36. The van der Waals surface area contributed by atoms with Crippen molar-refractivity contribution in [1.29, 1.82) is 0 Å². The molecule has 0 saturated heterocycles. The van der Waals surface area contributed by atoms with Crippen LogP contribution in [0.4, 0.5) is 0 Å². The molecule has 0 radical (unpaired) electrons. The van der Waals surface area contributed by atoms with Gasteiger partial charge in [0.15, 0.2) is 0 Å². The zero-order valence-corrected chi connectivity index (χ0v) is 15.2. The van der Waals surface area contributed by atoms with Crippen molar-refractivity contribution in [2.24, 2.45) is 0 Å². The second-order valence-electron chi connectivity index (χ2n) is 5.33. The van der Waals surface area contributed by atoms with Crippen LogP contribution in [0.3, 0.4) is 0 Å². The molecule has 25 heavy (non-hydrogen) atoms. The predicted molar refractivity (Wildman–Crippen MR) is 103 cm³/mol. The largest absolute Gasteiger partial charge is 0.496 e. The molecule has 0 N–H and O–H groups in total. The Morgan fingerprint density at radius 3 is 2.80 bits per heavy atom. The number of thiazole rings is 1. The number of methoxy groups -OCH3 is 1. The molecule has 2 aromatic carbocycles. The molecule has 4 rings (SSSR count). The summed E-state index contributed by atoms with van der Waals surface area (Å²) in [5.74, 6) is 1.62. The van der Waals surface area contributed by atoms with Crippen LogP contribution >= 0.6 is 23.1 Å². The van der Waals surface area contributed by atoms with E-state index in [1.54, 1.807) is 36.5 Å². The number of fused-ring (bicyclic) bond motifs is 1. The van der Waals surface area contributed by atoms with Gasteiger partial charge in [-0.25, -0.2) is 15.0 Å². The van der Waals surface area contributed by atoms with Gasteiger partial charge in [-0.05, 0) is 18.2 Å². The lowest BCUT2D eigenvalue weighted by Crippen LogP contribution is -1.89. The van der Waals surface area contributed by atoms with Crippen molar-refractivity contribution >= 4 is 34.0 Å². The third-order valence-electron chi connectivity index (χ3n) is 3.75. The van der Waals surface area contributed by atoms with Crippen molar-refractivity contribution in [1.82, 2.24) is 15.0 Å². The number of aromatic nitrogens is 3. The van der Waals surface area contributed by atoms with Crippen LogP contribution in [0.15, 0.2) is 65.3 Å². The van der Waals surface area contributed by atoms with E-state index in [0.717, 1.165) is 43.7 Å². The molecule has 0 fully saturated rings. The lowest BCUT2D eigenvalue weighted by Gasteiger charge is -2.05. The average molecular weight is 365 g/mol. The molecule has 0 spiro atoms. The average Bonchev–Trinajstić information content (AvgIpc) is 3.15. The highest BCUT2D eigenvalue weighted by Gasteiger charge is 2.11. The van der Waals surface area contributed by atoms with Crippen LogP contribution in [0.1, 0.15) is 5.69 Å². The Bertz CT molecular complexity index is 1010. The second-order valence-corrected chi connectivity index (χ2v) is 7.15. The normalized spacial score (nSPS) is 10.9. The molecule has 4 nitrogen and oxygen atoms in total. The van der Waals surface area contributed by atoms with Gasteiger partial charge in [-0.15, -0.1) is 11.3 Å². The number of ether oxygens (including phenoxy) is 1. The Hall–Kier alpha value is -2.44. The maximum atomic E-state index is 5.43.